The number of nitrogens with zero attached hydrogens (tertiary/aromatic N) is 8. The zero-order valence-electron chi connectivity index (χ0n) is 31.0. The van der Waals surface area contributed by atoms with E-state index in [4.69, 9.17) is 17.3 Å². The van der Waals surface area contributed by atoms with Gasteiger partial charge in [-0.15, -0.1) is 0 Å². The van der Waals surface area contributed by atoms with Crippen LogP contribution in [0.2, 0.25) is 5.02 Å². The van der Waals surface area contributed by atoms with Crippen LogP contribution >= 0.6 is 11.6 Å². The fourth-order valence-corrected chi connectivity index (χ4v) is 8.14. The highest BCUT2D eigenvalue weighted by Gasteiger charge is 2.42. The second-order valence-electron chi connectivity index (χ2n) is 14.9. The molecule has 4 aromatic rings. The molecule has 3 aliphatic rings. The van der Waals surface area contributed by atoms with E-state index in [1.54, 1.807) is 9.80 Å². The lowest BCUT2D eigenvalue weighted by Gasteiger charge is -2.46. The number of nitrogens with two attached hydrogens (primary N) is 1. The molecule has 0 spiro atoms. The van der Waals surface area contributed by atoms with E-state index < -0.39 is 23.7 Å². The van der Waals surface area contributed by atoms with Crippen molar-refractivity contribution in [1.82, 2.24) is 39.4 Å². The summed E-state index contributed by atoms with van der Waals surface area (Å²) < 4.78 is 44.9. The molecule has 0 radical (unpaired) electrons. The largest absolute Gasteiger partial charge is 0.477 e. The van der Waals surface area contributed by atoms with Gasteiger partial charge in [-0.25, -0.2) is 19.4 Å². The topological polar surface area (TPSA) is 194 Å². The van der Waals surface area contributed by atoms with E-state index >= 15 is 0 Å². The van der Waals surface area contributed by atoms with Gasteiger partial charge < -0.3 is 40.3 Å². The predicted molar refractivity (Wildman–Crippen MR) is 201 cm³/mol. The average molecular weight is 813 g/mol. The van der Waals surface area contributed by atoms with E-state index in [1.807, 2.05) is 0 Å². The Morgan fingerprint density at radius 3 is 2.32 bits per heavy atom. The molecule has 0 saturated carbocycles. The monoisotopic (exact) mass is 812 g/mol. The fraction of sp³-hybridized carbons (Fsp3) is 0.432. The van der Waals surface area contributed by atoms with Gasteiger partial charge in [0.2, 0.25) is 5.91 Å². The summed E-state index contributed by atoms with van der Waals surface area (Å²) in [6.07, 6.45) is -0.00496. The number of aliphatic carboxylic acids is 1. The van der Waals surface area contributed by atoms with Crippen LogP contribution in [0.1, 0.15) is 39.5 Å². The molecule has 1 aromatic carbocycles. The number of carbonyl (C=O) groups is 4. The molecule has 16 nitrogen and oxygen atoms in total. The van der Waals surface area contributed by atoms with Crippen LogP contribution in [-0.2, 0) is 22.8 Å². The number of benzene rings is 1. The summed E-state index contributed by atoms with van der Waals surface area (Å²) in [5.74, 6) is -1.69. The zero-order chi connectivity index (χ0) is 40.6. The Balaban J connectivity index is 0.954. The molecule has 7 rings (SSSR count). The van der Waals surface area contributed by atoms with Crippen molar-refractivity contribution >= 4 is 46.7 Å². The van der Waals surface area contributed by atoms with Crippen molar-refractivity contribution in [2.45, 2.75) is 19.0 Å². The number of imidazole rings is 1. The molecule has 0 atom stereocenters. The number of carboxylic acid groups (broad SMARTS) is 1. The average Bonchev–Trinajstić information content (AvgIpc) is 3.77. The second kappa shape index (κ2) is 15.8. The van der Waals surface area contributed by atoms with E-state index in [2.05, 4.69) is 25.7 Å². The van der Waals surface area contributed by atoms with Crippen molar-refractivity contribution < 1.29 is 41.9 Å². The maximum atomic E-state index is 14.1. The van der Waals surface area contributed by atoms with E-state index in [0.29, 0.717) is 68.2 Å². The van der Waals surface area contributed by atoms with Gasteiger partial charge in [0.1, 0.15) is 0 Å². The number of rotatable bonds is 10. The Morgan fingerprint density at radius 2 is 1.72 bits per heavy atom. The van der Waals surface area contributed by atoms with Gasteiger partial charge in [-0.3, -0.25) is 14.4 Å². The van der Waals surface area contributed by atoms with Crippen LogP contribution < -0.4 is 16.4 Å². The molecule has 5 N–H and O–H groups in total. The summed E-state index contributed by atoms with van der Waals surface area (Å²) in [5.41, 5.74) is 4.86. The van der Waals surface area contributed by atoms with Crippen molar-refractivity contribution in [2.24, 2.45) is 18.9 Å². The van der Waals surface area contributed by atoms with Crippen LogP contribution in [0.5, 0.6) is 0 Å². The molecular weight excluding hydrogens is 771 g/mol. The summed E-state index contributed by atoms with van der Waals surface area (Å²) >= 11 is 6.54. The molecule has 0 unspecified atom stereocenters. The molecule has 6 heterocycles. The summed E-state index contributed by atoms with van der Waals surface area (Å²) in [4.78, 5) is 63.5. The lowest BCUT2D eigenvalue weighted by Crippen LogP contribution is -2.62. The molecular formula is C37H42ClF3N11O5+. The minimum atomic E-state index is -4.83. The lowest BCUT2D eigenvalue weighted by molar-refractivity contribution is -0.929. The molecule has 3 saturated heterocycles. The summed E-state index contributed by atoms with van der Waals surface area (Å²) in [6, 6.07) is 7.26. The van der Waals surface area contributed by atoms with Gasteiger partial charge >= 0.3 is 12.1 Å². The number of carbonyl (C=O) groups excluding carboxylic acids is 3. The molecule has 3 aliphatic heterocycles. The quantitative estimate of drug-likeness (QED) is 0.173. The van der Waals surface area contributed by atoms with E-state index in [-0.39, 0.29) is 63.5 Å². The molecule has 0 aliphatic carbocycles. The Hall–Kier alpha value is -5.53. The van der Waals surface area contributed by atoms with Crippen LogP contribution in [0.15, 0.2) is 48.9 Å². The number of likely N-dealkylation sites (tertiary alicyclic amines) is 1. The van der Waals surface area contributed by atoms with Crippen molar-refractivity contribution in [3.8, 4) is 17.1 Å². The van der Waals surface area contributed by atoms with Crippen LogP contribution in [-0.4, -0.2) is 133 Å². The minimum Gasteiger partial charge on any atom is -0.477 e. The number of amides is 3. The standard InChI is InChI=1S/C37H41ClF3N11O5/c1-48-29(27-19-51(47-32(27)37(39,40)41)30-5-2-24(42)17-44-30)18-45-33(48)34(55)46-25-3-4-26(28(38)14-25)36(57)50-10-8-49(9-11-50)35(56)23-6-12-52(13-7-23,21-31(53)54)20-22-15-43-16-22/h2-5,14,17-19,22-23,43H,6-13,15-16,20-21,42H2,1H3,(H-,46,53,54,55,57)/p+1. The number of piperazine rings is 1. The Bertz CT molecular complexity index is 2170. The molecule has 3 aromatic heterocycles. The molecule has 0 bridgehead atoms. The number of piperidine rings is 1. The smallest absolute Gasteiger partial charge is 0.435 e. The zero-order valence-corrected chi connectivity index (χ0v) is 31.8. The molecule has 3 amide bonds. The van der Waals surface area contributed by atoms with Gasteiger partial charge in [0.05, 0.1) is 59.6 Å². The number of pyridine rings is 1. The number of nitrogens with one attached hydrogen (secondary N) is 2. The Kier molecular flexibility index (Phi) is 11.0. The number of nitrogen functional groups attached to an aromatic ring is 1. The molecule has 20 heteroatoms. The highest BCUT2D eigenvalue weighted by molar-refractivity contribution is 6.34. The Morgan fingerprint density at radius 1 is 1.02 bits per heavy atom. The first kappa shape index (κ1) is 39.7. The third kappa shape index (κ3) is 8.45. The SMILES string of the molecule is Cn1c(-c2cn(-c3ccc(N)cn3)nc2C(F)(F)F)cnc1C(=O)Nc1ccc(C(=O)N2CCN(C(=O)C3CC[N+](CC(=O)O)(CC4CNC4)CC3)CC2)c(Cl)c1. The minimum absolute atomic E-state index is 0.0251. The van der Waals surface area contributed by atoms with Crippen molar-refractivity contribution in [1.29, 1.82) is 0 Å². The Labute approximate surface area is 330 Å². The van der Waals surface area contributed by atoms with Gasteiger partial charge in [-0.05, 0) is 30.3 Å². The summed E-state index contributed by atoms with van der Waals surface area (Å²) in [6.45, 7) is 5.25. The van der Waals surface area contributed by atoms with E-state index in [1.165, 1.54) is 48.1 Å². The van der Waals surface area contributed by atoms with Gasteiger partial charge in [-0.2, -0.15) is 18.3 Å². The number of anilines is 2. The number of alkyl halides is 3. The van der Waals surface area contributed by atoms with Gasteiger partial charge in [-0.1, -0.05) is 11.6 Å². The predicted octanol–water partition coefficient (Wildman–Crippen LogP) is 2.99. The van der Waals surface area contributed by atoms with Crippen molar-refractivity contribution in [3.05, 3.63) is 71.0 Å². The summed E-state index contributed by atoms with van der Waals surface area (Å²) in [5, 5.41) is 19.2. The number of aromatic nitrogens is 5. The van der Waals surface area contributed by atoms with Crippen molar-refractivity contribution in [3.63, 3.8) is 0 Å². The highest BCUT2D eigenvalue weighted by atomic mass is 35.5. The number of quaternary nitrogens is 1. The molecule has 3 fully saturated rings. The van der Waals surface area contributed by atoms with E-state index in [0.717, 1.165) is 36.7 Å². The molecule has 302 valence electrons. The first-order chi connectivity index (χ1) is 27.1. The van der Waals surface area contributed by atoms with Crippen LogP contribution in [0.4, 0.5) is 24.5 Å². The first-order valence-electron chi connectivity index (χ1n) is 18.5. The number of halogens is 4. The maximum absolute atomic E-state index is 14.1. The normalized spacial score (nSPS) is 20.3. The third-order valence-corrected chi connectivity index (χ3v) is 11.3. The summed E-state index contributed by atoms with van der Waals surface area (Å²) in [7, 11) is 1.40. The maximum Gasteiger partial charge on any atom is 0.435 e. The van der Waals surface area contributed by atoms with Gasteiger partial charge in [0.15, 0.2) is 23.9 Å². The number of carboxylic acids is 1. The van der Waals surface area contributed by atoms with Crippen LogP contribution in [0.3, 0.4) is 0 Å². The highest BCUT2D eigenvalue weighted by Crippen LogP contribution is 2.37. The van der Waals surface area contributed by atoms with Gasteiger partial charge in [0, 0.05) is 82.9 Å². The number of hydrogen-bond acceptors (Lipinski definition) is 9. The van der Waals surface area contributed by atoms with Crippen LogP contribution in [0.25, 0.3) is 17.1 Å². The lowest BCUT2D eigenvalue weighted by atomic mass is 9.90. The van der Waals surface area contributed by atoms with E-state index in [9.17, 15) is 37.5 Å². The molecule has 57 heavy (non-hydrogen) atoms. The fourth-order valence-electron chi connectivity index (χ4n) is 7.88. The first-order valence-corrected chi connectivity index (χ1v) is 18.9. The number of hydrogen-bond donors (Lipinski definition) is 4. The third-order valence-electron chi connectivity index (χ3n) is 11.0. The van der Waals surface area contributed by atoms with Crippen LogP contribution in [0, 0.1) is 11.8 Å². The second-order valence-corrected chi connectivity index (χ2v) is 15.3. The van der Waals surface area contributed by atoms with Gasteiger partial charge in [0.25, 0.3) is 11.8 Å². The van der Waals surface area contributed by atoms with Crippen molar-refractivity contribution in [2.75, 3.05) is 76.5 Å².